The predicted octanol–water partition coefficient (Wildman–Crippen LogP) is 2.18. The summed E-state index contributed by atoms with van der Waals surface area (Å²) in [5.41, 5.74) is 0.469. The summed E-state index contributed by atoms with van der Waals surface area (Å²) in [7, 11) is 0. The van der Waals surface area contributed by atoms with E-state index in [0.717, 1.165) is 5.56 Å². The van der Waals surface area contributed by atoms with Crippen molar-refractivity contribution < 1.29 is 9.84 Å². The van der Waals surface area contributed by atoms with Crippen molar-refractivity contribution in [1.82, 2.24) is 9.55 Å². The van der Waals surface area contributed by atoms with E-state index in [9.17, 15) is 4.79 Å². The molecule has 0 saturated carbocycles. The fourth-order valence-electron chi connectivity index (χ4n) is 1.85. The Hall–Kier alpha value is -2.14. The quantitative estimate of drug-likeness (QED) is 0.907. The van der Waals surface area contributed by atoms with E-state index in [-0.39, 0.29) is 18.0 Å². The molecule has 0 fully saturated rings. The Labute approximate surface area is 117 Å². The topological polar surface area (TPSA) is 64.3 Å². The molecule has 0 unspecified atom stereocenters. The van der Waals surface area contributed by atoms with Gasteiger partial charge >= 0.3 is 5.56 Å². The number of nitrogens with zero attached hydrogens (tertiary/aromatic N) is 2. The lowest BCUT2D eigenvalue weighted by atomic mass is 10.2. The van der Waals surface area contributed by atoms with Gasteiger partial charge in [0.2, 0.25) is 0 Å². The molecule has 0 aliphatic rings. The standard InChI is InChI=1S/C15H18N2O3/c1-11(2)9-17-7-6-16-14(15(17)19)20-13-5-3-4-12(8-13)10-18/h3-8,11,18H,9-10H2,1-2H3. The SMILES string of the molecule is CC(C)Cn1ccnc(Oc2cccc(CO)c2)c1=O. The predicted molar refractivity (Wildman–Crippen MR) is 75.8 cm³/mol. The van der Waals surface area contributed by atoms with Gasteiger partial charge in [-0.3, -0.25) is 4.79 Å². The molecule has 0 saturated heterocycles. The van der Waals surface area contributed by atoms with Crippen molar-refractivity contribution in [2.75, 3.05) is 0 Å². The molecule has 5 nitrogen and oxygen atoms in total. The van der Waals surface area contributed by atoms with E-state index >= 15 is 0 Å². The number of ether oxygens (including phenoxy) is 1. The van der Waals surface area contributed by atoms with E-state index in [2.05, 4.69) is 4.98 Å². The highest BCUT2D eigenvalue weighted by molar-refractivity contribution is 5.30. The van der Waals surface area contributed by atoms with Crippen LogP contribution in [0.2, 0.25) is 0 Å². The zero-order chi connectivity index (χ0) is 14.5. The molecule has 20 heavy (non-hydrogen) atoms. The van der Waals surface area contributed by atoms with Crippen molar-refractivity contribution in [2.45, 2.75) is 27.0 Å². The molecule has 0 atom stereocenters. The third kappa shape index (κ3) is 3.45. The first-order valence-corrected chi connectivity index (χ1v) is 6.53. The van der Waals surface area contributed by atoms with Gasteiger partial charge in [0.05, 0.1) is 6.61 Å². The van der Waals surface area contributed by atoms with Crippen LogP contribution in [0.25, 0.3) is 0 Å². The second-order valence-electron chi connectivity index (χ2n) is 4.99. The van der Waals surface area contributed by atoms with Crippen molar-refractivity contribution in [3.8, 4) is 11.6 Å². The number of aromatic nitrogens is 2. The third-order valence-electron chi connectivity index (χ3n) is 2.74. The second-order valence-corrected chi connectivity index (χ2v) is 4.99. The highest BCUT2D eigenvalue weighted by Gasteiger charge is 2.08. The van der Waals surface area contributed by atoms with Crippen LogP contribution in [0.3, 0.4) is 0 Å². The van der Waals surface area contributed by atoms with Crippen molar-refractivity contribution >= 4 is 0 Å². The molecule has 1 heterocycles. The largest absolute Gasteiger partial charge is 0.435 e. The summed E-state index contributed by atoms with van der Waals surface area (Å²) in [6.45, 7) is 4.63. The maximum absolute atomic E-state index is 12.2. The fourth-order valence-corrected chi connectivity index (χ4v) is 1.85. The Kier molecular flexibility index (Phi) is 4.53. The second kappa shape index (κ2) is 6.34. The minimum Gasteiger partial charge on any atom is -0.435 e. The van der Waals surface area contributed by atoms with Crippen LogP contribution in [-0.4, -0.2) is 14.7 Å². The summed E-state index contributed by atoms with van der Waals surface area (Å²) in [4.78, 5) is 16.2. The van der Waals surface area contributed by atoms with E-state index in [1.54, 1.807) is 41.2 Å². The molecule has 2 aromatic rings. The van der Waals surface area contributed by atoms with Crippen LogP contribution in [0.4, 0.5) is 0 Å². The van der Waals surface area contributed by atoms with E-state index < -0.39 is 0 Å². The van der Waals surface area contributed by atoms with E-state index in [4.69, 9.17) is 9.84 Å². The summed E-state index contributed by atoms with van der Waals surface area (Å²) < 4.78 is 7.10. The van der Waals surface area contributed by atoms with Crippen molar-refractivity contribution in [2.24, 2.45) is 5.92 Å². The molecular weight excluding hydrogens is 256 g/mol. The molecule has 0 spiro atoms. The molecule has 1 aromatic carbocycles. The molecule has 106 valence electrons. The van der Waals surface area contributed by atoms with E-state index in [1.807, 2.05) is 13.8 Å². The highest BCUT2D eigenvalue weighted by atomic mass is 16.5. The monoisotopic (exact) mass is 274 g/mol. The minimum atomic E-state index is -0.254. The van der Waals surface area contributed by atoms with Crippen LogP contribution in [0, 0.1) is 5.92 Å². The van der Waals surface area contributed by atoms with Crippen LogP contribution in [-0.2, 0) is 13.2 Å². The van der Waals surface area contributed by atoms with Gasteiger partial charge in [-0.2, -0.15) is 0 Å². The molecule has 1 N–H and O–H groups in total. The van der Waals surface area contributed by atoms with Gasteiger partial charge in [-0.05, 0) is 23.6 Å². The van der Waals surface area contributed by atoms with Crippen LogP contribution in [0.15, 0.2) is 41.5 Å². The van der Waals surface area contributed by atoms with Gasteiger partial charge < -0.3 is 14.4 Å². The minimum absolute atomic E-state index is 0.0447. The van der Waals surface area contributed by atoms with E-state index in [1.165, 1.54) is 0 Å². The number of benzene rings is 1. The molecule has 1 aromatic heterocycles. The van der Waals surface area contributed by atoms with Crippen LogP contribution in [0.1, 0.15) is 19.4 Å². The normalized spacial score (nSPS) is 10.8. The molecule has 2 rings (SSSR count). The van der Waals surface area contributed by atoms with Gasteiger partial charge in [-0.1, -0.05) is 26.0 Å². The van der Waals surface area contributed by atoms with Gasteiger partial charge in [0.1, 0.15) is 5.75 Å². The Bertz CT molecular complexity index is 635. The lowest BCUT2D eigenvalue weighted by Gasteiger charge is -2.10. The highest BCUT2D eigenvalue weighted by Crippen LogP contribution is 2.18. The summed E-state index contributed by atoms with van der Waals surface area (Å²) in [6, 6.07) is 6.94. The summed E-state index contributed by atoms with van der Waals surface area (Å²) in [5, 5.41) is 9.09. The number of aliphatic hydroxyl groups excluding tert-OH is 1. The lowest BCUT2D eigenvalue weighted by Crippen LogP contribution is -2.23. The summed E-state index contributed by atoms with van der Waals surface area (Å²) in [6.07, 6.45) is 3.20. The molecule has 5 heteroatoms. The average Bonchev–Trinajstić information content (AvgIpc) is 2.43. The van der Waals surface area contributed by atoms with Crippen molar-refractivity contribution in [3.63, 3.8) is 0 Å². The molecule has 0 amide bonds. The van der Waals surface area contributed by atoms with E-state index in [0.29, 0.717) is 18.2 Å². The Morgan fingerprint density at radius 1 is 1.40 bits per heavy atom. The molecule has 0 aliphatic heterocycles. The summed E-state index contributed by atoms with van der Waals surface area (Å²) >= 11 is 0. The smallest absolute Gasteiger partial charge is 0.313 e. The lowest BCUT2D eigenvalue weighted by molar-refractivity contribution is 0.281. The Morgan fingerprint density at radius 2 is 2.20 bits per heavy atom. The molecular formula is C15H18N2O3. The molecule has 0 radical (unpaired) electrons. The van der Waals surface area contributed by atoms with Gasteiger partial charge in [-0.25, -0.2) is 4.98 Å². The van der Waals surface area contributed by atoms with Crippen LogP contribution in [0.5, 0.6) is 11.6 Å². The number of rotatable bonds is 5. The van der Waals surface area contributed by atoms with Crippen molar-refractivity contribution in [1.29, 1.82) is 0 Å². The van der Waals surface area contributed by atoms with Gasteiger partial charge in [0.15, 0.2) is 0 Å². The first-order valence-electron chi connectivity index (χ1n) is 6.53. The molecule has 0 aliphatic carbocycles. The van der Waals surface area contributed by atoms with Crippen LogP contribution >= 0.6 is 0 Å². The number of hydrogen-bond acceptors (Lipinski definition) is 4. The first kappa shape index (κ1) is 14.3. The van der Waals surface area contributed by atoms with Gasteiger partial charge in [0.25, 0.3) is 5.88 Å². The summed E-state index contributed by atoms with van der Waals surface area (Å²) in [5.74, 6) is 0.896. The average molecular weight is 274 g/mol. The van der Waals surface area contributed by atoms with Crippen LogP contribution < -0.4 is 10.3 Å². The Morgan fingerprint density at radius 3 is 2.90 bits per heavy atom. The molecule has 0 bridgehead atoms. The maximum Gasteiger partial charge on any atom is 0.313 e. The third-order valence-corrected chi connectivity index (χ3v) is 2.74. The fraction of sp³-hybridized carbons (Fsp3) is 0.333. The van der Waals surface area contributed by atoms with Gasteiger partial charge in [0, 0.05) is 18.9 Å². The Balaban J connectivity index is 2.27. The first-order chi connectivity index (χ1) is 9.60. The van der Waals surface area contributed by atoms with Crippen molar-refractivity contribution in [3.05, 3.63) is 52.6 Å². The van der Waals surface area contributed by atoms with Gasteiger partial charge in [-0.15, -0.1) is 0 Å². The zero-order valence-electron chi connectivity index (χ0n) is 11.6. The number of aliphatic hydroxyl groups is 1. The zero-order valence-corrected chi connectivity index (χ0v) is 11.6. The maximum atomic E-state index is 12.2. The number of hydrogen-bond donors (Lipinski definition) is 1.